The number of aromatic nitrogens is 4. The van der Waals surface area contributed by atoms with E-state index in [1.165, 1.54) is 0 Å². The van der Waals surface area contributed by atoms with Crippen molar-refractivity contribution in [2.45, 2.75) is 19.3 Å². The molecule has 1 aliphatic rings. The van der Waals surface area contributed by atoms with Crippen molar-refractivity contribution >= 4 is 0 Å². The first-order valence-electron chi connectivity index (χ1n) is 5.46. The molecule has 0 bridgehead atoms. The van der Waals surface area contributed by atoms with Gasteiger partial charge in [0.2, 0.25) is 0 Å². The van der Waals surface area contributed by atoms with Crippen LogP contribution in [0.3, 0.4) is 0 Å². The van der Waals surface area contributed by atoms with Gasteiger partial charge in [0.15, 0.2) is 0 Å². The zero-order valence-corrected chi connectivity index (χ0v) is 8.90. The van der Waals surface area contributed by atoms with Gasteiger partial charge in [0.05, 0.1) is 23.3 Å². The highest BCUT2D eigenvalue weighted by atomic mass is 15.1. The monoisotopic (exact) mass is 215 g/mol. The van der Waals surface area contributed by atoms with Crippen LogP contribution in [0.25, 0.3) is 11.3 Å². The van der Waals surface area contributed by atoms with Crippen LogP contribution in [0.15, 0.2) is 12.4 Å². The predicted molar refractivity (Wildman–Crippen MR) is 59.8 cm³/mol. The number of fused-ring (bicyclic) bond motifs is 3. The Morgan fingerprint density at radius 1 is 1.31 bits per heavy atom. The van der Waals surface area contributed by atoms with Gasteiger partial charge in [-0.15, -0.1) is 0 Å². The summed E-state index contributed by atoms with van der Waals surface area (Å²) >= 11 is 0. The van der Waals surface area contributed by atoms with Gasteiger partial charge in [-0.25, -0.2) is 4.98 Å². The van der Waals surface area contributed by atoms with Crippen LogP contribution in [0.2, 0.25) is 0 Å². The third kappa shape index (κ3) is 1.40. The highest BCUT2D eigenvalue weighted by Gasteiger charge is 2.20. The van der Waals surface area contributed by atoms with Gasteiger partial charge in [-0.1, -0.05) is 0 Å². The molecule has 0 amide bonds. The lowest BCUT2D eigenvalue weighted by Gasteiger charge is -2.14. The van der Waals surface area contributed by atoms with Gasteiger partial charge in [0.25, 0.3) is 0 Å². The first kappa shape index (κ1) is 9.47. The zero-order valence-electron chi connectivity index (χ0n) is 8.90. The molecular formula is C11H13N5. The molecule has 0 aliphatic heterocycles. The van der Waals surface area contributed by atoms with Crippen molar-refractivity contribution in [3.63, 3.8) is 0 Å². The summed E-state index contributed by atoms with van der Waals surface area (Å²) in [6.07, 6.45) is 6.33. The maximum absolute atomic E-state index is 5.52. The molecule has 1 aliphatic carbocycles. The standard InChI is InChI=1S/C11H13N5/c12-4-3-7-5-13-10-2-1-9-8(6-14-16-9)11(10)15-7/h5-6H,1-4,12H2,(H,14,16). The van der Waals surface area contributed by atoms with E-state index in [0.29, 0.717) is 6.54 Å². The van der Waals surface area contributed by atoms with Crippen molar-refractivity contribution in [2.75, 3.05) is 6.54 Å². The lowest BCUT2D eigenvalue weighted by Crippen LogP contribution is -2.11. The zero-order chi connectivity index (χ0) is 11.0. The van der Waals surface area contributed by atoms with Crippen LogP contribution in [-0.2, 0) is 19.3 Å². The Balaban J connectivity index is 2.11. The van der Waals surface area contributed by atoms with Crippen LogP contribution in [0, 0.1) is 0 Å². The molecule has 0 saturated carbocycles. The van der Waals surface area contributed by atoms with E-state index in [0.717, 1.165) is 47.6 Å². The Morgan fingerprint density at radius 3 is 3.12 bits per heavy atom. The number of nitrogens with two attached hydrogens (primary N) is 1. The van der Waals surface area contributed by atoms with Crippen LogP contribution in [0.4, 0.5) is 0 Å². The van der Waals surface area contributed by atoms with Crippen LogP contribution >= 0.6 is 0 Å². The lowest BCUT2D eigenvalue weighted by atomic mass is 9.98. The molecule has 0 radical (unpaired) electrons. The molecule has 0 atom stereocenters. The third-order valence-electron chi connectivity index (χ3n) is 2.88. The van der Waals surface area contributed by atoms with Crippen LogP contribution in [0.5, 0.6) is 0 Å². The fourth-order valence-corrected chi connectivity index (χ4v) is 2.07. The normalized spacial score (nSPS) is 13.3. The maximum atomic E-state index is 5.52. The summed E-state index contributed by atoms with van der Waals surface area (Å²) in [5, 5.41) is 7.07. The Morgan fingerprint density at radius 2 is 2.25 bits per heavy atom. The van der Waals surface area contributed by atoms with Crippen LogP contribution < -0.4 is 5.73 Å². The smallest absolute Gasteiger partial charge is 0.0955 e. The van der Waals surface area contributed by atoms with E-state index in [1.54, 1.807) is 0 Å². The average molecular weight is 215 g/mol. The Hall–Kier alpha value is -1.75. The first-order valence-corrected chi connectivity index (χ1v) is 5.46. The molecule has 0 unspecified atom stereocenters. The topological polar surface area (TPSA) is 80.5 Å². The molecule has 0 aromatic carbocycles. The maximum Gasteiger partial charge on any atom is 0.0955 e. The van der Waals surface area contributed by atoms with E-state index in [4.69, 9.17) is 5.73 Å². The first-order chi connectivity index (χ1) is 7.88. The minimum absolute atomic E-state index is 0.603. The quantitative estimate of drug-likeness (QED) is 0.763. The molecule has 2 heterocycles. The highest BCUT2D eigenvalue weighted by Crippen LogP contribution is 2.29. The van der Waals surface area contributed by atoms with Crippen LogP contribution in [-0.4, -0.2) is 26.7 Å². The van der Waals surface area contributed by atoms with Crippen molar-refractivity contribution in [1.82, 2.24) is 20.2 Å². The van der Waals surface area contributed by atoms with Crippen molar-refractivity contribution in [1.29, 1.82) is 0 Å². The third-order valence-corrected chi connectivity index (χ3v) is 2.88. The Labute approximate surface area is 93.1 Å². The molecule has 5 nitrogen and oxygen atoms in total. The second kappa shape index (κ2) is 3.68. The van der Waals surface area contributed by atoms with E-state index < -0.39 is 0 Å². The molecule has 0 fully saturated rings. The summed E-state index contributed by atoms with van der Waals surface area (Å²) in [5.41, 5.74) is 10.8. The lowest BCUT2D eigenvalue weighted by molar-refractivity contribution is 0.823. The molecule has 82 valence electrons. The molecule has 2 aromatic rings. The van der Waals surface area contributed by atoms with Crippen molar-refractivity contribution in [3.8, 4) is 11.3 Å². The number of rotatable bonds is 2. The van der Waals surface area contributed by atoms with Gasteiger partial charge in [0, 0.05) is 23.9 Å². The summed E-state index contributed by atoms with van der Waals surface area (Å²) in [6, 6.07) is 0. The summed E-state index contributed by atoms with van der Waals surface area (Å²) in [5.74, 6) is 0. The largest absolute Gasteiger partial charge is 0.330 e. The SMILES string of the molecule is NCCc1cnc2c(n1)-c1cn[nH]c1CC2. The summed E-state index contributed by atoms with van der Waals surface area (Å²) in [6.45, 7) is 0.603. The van der Waals surface area contributed by atoms with E-state index in [-0.39, 0.29) is 0 Å². The predicted octanol–water partition coefficient (Wildman–Crippen LogP) is 0.466. The highest BCUT2D eigenvalue weighted by molar-refractivity contribution is 5.65. The molecule has 2 aromatic heterocycles. The van der Waals surface area contributed by atoms with Crippen LogP contribution in [0.1, 0.15) is 17.1 Å². The minimum Gasteiger partial charge on any atom is -0.330 e. The second-order valence-electron chi connectivity index (χ2n) is 3.96. The van der Waals surface area contributed by atoms with Gasteiger partial charge < -0.3 is 5.73 Å². The molecule has 16 heavy (non-hydrogen) atoms. The number of aryl methyl sites for hydroxylation is 2. The molecular weight excluding hydrogens is 202 g/mol. The van der Waals surface area contributed by atoms with Crippen molar-refractivity contribution < 1.29 is 0 Å². The summed E-state index contributed by atoms with van der Waals surface area (Å²) in [7, 11) is 0. The van der Waals surface area contributed by atoms with Gasteiger partial charge in [-0.2, -0.15) is 5.10 Å². The van der Waals surface area contributed by atoms with Crippen molar-refractivity contribution in [2.24, 2.45) is 5.73 Å². The van der Waals surface area contributed by atoms with Gasteiger partial charge in [-0.3, -0.25) is 10.1 Å². The number of aromatic amines is 1. The van der Waals surface area contributed by atoms with Gasteiger partial charge in [-0.05, 0) is 19.4 Å². The molecule has 5 heteroatoms. The molecule has 0 saturated heterocycles. The Bertz CT molecular complexity index is 517. The summed E-state index contributed by atoms with van der Waals surface area (Å²) < 4.78 is 0. The minimum atomic E-state index is 0.603. The van der Waals surface area contributed by atoms with E-state index in [1.807, 2.05) is 12.4 Å². The fraction of sp³-hybridized carbons (Fsp3) is 0.364. The van der Waals surface area contributed by atoms with E-state index in [2.05, 4.69) is 20.2 Å². The average Bonchev–Trinajstić information content (AvgIpc) is 2.78. The molecule has 3 rings (SSSR count). The fourth-order valence-electron chi connectivity index (χ4n) is 2.07. The summed E-state index contributed by atoms with van der Waals surface area (Å²) in [4.78, 5) is 9.07. The number of nitrogens with zero attached hydrogens (tertiary/aromatic N) is 3. The molecule has 3 N–H and O–H groups in total. The van der Waals surface area contributed by atoms with Gasteiger partial charge in [0.1, 0.15) is 0 Å². The molecule has 0 spiro atoms. The number of hydrogen-bond acceptors (Lipinski definition) is 4. The van der Waals surface area contributed by atoms with Gasteiger partial charge >= 0.3 is 0 Å². The van der Waals surface area contributed by atoms with E-state index in [9.17, 15) is 0 Å². The Kier molecular flexibility index (Phi) is 2.18. The number of nitrogens with one attached hydrogen (secondary N) is 1. The van der Waals surface area contributed by atoms with E-state index >= 15 is 0 Å². The second-order valence-corrected chi connectivity index (χ2v) is 3.96. The van der Waals surface area contributed by atoms with Crippen molar-refractivity contribution in [3.05, 3.63) is 29.5 Å². The number of hydrogen-bond donors (Lipinski definition) is 2. The number of H-pyrrole nitrogens is 1.